The zero-order chi connectivity index (χ0) is 18.5. The molecule has 1 saturated carbocycles. The summed E-state index contributed by atoms with van der Waals surface area (Å²) < 4.78 is 11.1. The third kappa shape index (κ3) is 4.75. The summed E-state index contributed by atoms with van der Waals surface area (Å²) in [5.74, 6) is -0.325. The minimum atomic E-state index is -0.522. The molecule has 3 rings (SSSR count). The number of ether oxygens (including phenoxy) is 2. The molecule has 142 valence electrons. The fraction of sp³-hybridized carbons (Fsp3) is 0.579. The molecule has 1 aromatic rings. The number of morpholine rings is 1. The third-order valence-corrected chi connectivity index (χ3v) is 5.15. The number of hydrogen-bond acceptors (Lipinski definition) is 4. The van der Waals surface area contributed by atoms with Gasteiger partial charge in [-0.15, -0.1) is 0 Å². The van der Waals surface area contributed by atoms with Crippen molar-refractivity contribution in [3.05, 3.63) is 28.8 Å². The van der Waals surface area contributed by atoms with E-state index in [-0.39, 0.29) is 17.9 Å². The highest BCUT2D eigenvalue weighted by molar-refractivity contribution is 6.34. The van der Waals surface area contributed by atoms with Gasteiger partial charge in [-0.1, -0.05) is 24.4 Å². The quantitative estimate of drug-likeness (QED) is 0.852. The van der Waals surface area contributed by atoms with Crippen LogP contribution >= 0.6 is 11.6 Å². The van der Waals surface area contributed by atoms with Crippen LogP contribution in [0, 0.1) is 0 Å². The summed E-state index contributed by atoms with van der Waals surface area (Å²) in [4.78, 5) is 26.6. The Labute approximate surface area is 158 Å². The van der Waals surface area contributed by atoms with Crippen LogP contribution in [0.25, 0.3) is 0 Å². The molecule has 26 heavy (non-hydrogen) atoms. The lowest BCUT2D eigenvalue weighted by atomic mass is 10.1. The summed E-state index contributed by atoms with van der Waals surface area (Å²) in [5, 5.41) is 3.13. The lowest BCUT2D eigenvalue weighted by Gasteiger charge is -2.27. The number of anilines is 1. The van der Waals surface area contributed by atoms with Crippen molar-refractivity contribution in [1.82, 2.24) is 4.90 Å². The minimum absolute atomic E-state index is 0.117. The van der Waals surface area contributed by atoms with Gasteiger partial charge in [0.2, 0.25) is 0 Å². The Morgan fingerprint density at radius 1 is 1.27 bits per heavy atom. The first-order valence-electron chi connectivity index (χ1n) is 9.17. The Balaban J connectivity index is 1.59. The molecule has 0 unspecified atom stereocenters. The highest BCUT2D eigenvalue weighted by atomic mass is 35.5. The number of amides is 2. The molecule has 2 aliphatic rings. The van der Waals surface area contributed by atoms with E-state index in [1.807, 2.05) is 0 Å². The predicted molar refractivity (Wildman–Crippen MR) is 99.6 cm³/mol. The van der Waals surface area contributed by atoms with Crippen LogP contribution in [0.15, 0.2) is 18.2 Å². The molecule has 7 heteroatoms. The van der Waals surface area contributed by atoms with Crippen LogP contribution in [0.4, 0.5) is 5.69 Å². The fourth-order valence-electron chi connectivity index (χ4n) is 3.32. The van der Waals surface area contributed by atoms with Crippen molar-refractivity contribution in [3.63, 3.8) is 0 Å². The molecule has 6 nitrogen and oxygen atoms in total. The number of benzene rings is 1. The van der Waals surface area contributed by atoms with Crippen molar-refractivity contribution in [2.24, 2.45) is 0 Å². The SMILES string of the molecule is C[C@@H](OC1CCCC1)C(=O)Nc1ccc(C(=O)N2CCOCC2)c(Cl)c1. The number of rotatable bonds is 5. The molecule has 2 fully saturated rings. The molecule has 1 aliphatic heterocycles. The monoisotopic (exact) mass is 380 g/mol. The highest BCUT2D eigenvalue weighted by Gasteiger charge is 2.23. The predicted octanol–water partition coefficient (Wildman–Crippen LogP) is 3.10. The van der Waals surface area contributed by atoms with Gasteiger partial charge >= 0.3 is 0 Å². The molecule has 1 atom stereocenters. The summed E-state index contributed by atoms with van der Waals surface area (Å²) in [6.07, 6.45) is 4.00. The maximum Gasteiger partial charge on any atom is 0.255 e. The molecule has 1 aliphatic carbocycles. The van der Waals surface area contributed by atoms with Crippen LogP contribution in [-0.4, -0.2) is 55.2 Å². The average Bonchev–Trinajstić information content (AvgIpc) is 3.15. The van der Waals surface area contributed by atoms with Crippen molar-refractivity contribution in [3.8, 4) is 0 Å². The molecule has 1 heterocycles. The summed E-state index contributed by atoms with van der Waals surface area (Å²) in [5.41, 5.74) is 0.988. The van der Waals surface area contributed by atoms with Crippen molar-refractivity contribution in [1.29, 1.82) is 0 Å². The molecule has 1 N–H and O–H groups in total. The lowest BCUT2D eigenvalue weighted by molar-refractivity contribution is -0.129. The van der Waals surface area contributed by atoms with E-state index in [2.05, 4.69) is 5.32 Å². The van der Waals surface area contributed by atoms with E-state index in [4.69, 9.17) is 21.1 Å². The number of halogens is 1. The first-order chi connectivity index (χ1) is 12.5. The van der Waals surface area contributed by atoms with E-state index in [0.29, 0.717) is 42.6 Å². The van der Waals surface area contributed by atoms with Gasteiger partial charge < -0.3 is 19.7 Å². The number of nitrogens with zero attached hydrogens (tertiary/aromatic N) is 1. The molecule has 0 aromatic heterocycles. The van der Waals surface area contributed by atoms with Crippen LogP contribution in [0.5, 0.6) is 0 Å². The van der Waals surface area contributed by atoms with Crippen molar-refractivity contribution in [2.45, 2.75) is 44.8 Å². The molecule has 0 radical (unpaired) electrons. The molecule has 0 spiro atoms. The molecule has 1 aromatic carbocycles. The van der Waals surface area contributed by atoms with Crippen LogP contribution in [0.2, 0.25) is 5.02 Å². The molecule has 0 bridgehead atoms. The first kappa shape index (κ1) is 19.1. The smallest absolute Gasteiger partial charge is 0.255 e. The fourth-order valence-corrected chi connectivity index (χ4v) is 3.58. The largest absolute Gasteiger partial charge is 0.378 e. The number of carbonyl (C=O) groups is 2. The zero-order valence-electron chi connectivity index (χ0n) is 15.0. The second-order valence-corrected chi connectivity index (χ2v) is 7.18. The van der Waals surface area contributed by atoms with E-state index >= 15 is 0 Å². The lowest BCUT2D eigenvalue weighted by Crippen LogP contribution is -2.40. The van der Waals surface area contributed by atoms with Gasteiger partial charge in [-0.2, -0.15) is 0 Å². The zero-order valence-corrected chi connectivity index (χ0v) is 15.8. The van der Waals surface area contributed by atoms with Crippen molar-refractivity contribution < 1.29 is 19.1 Å². The Hall–Kier alpha value is -1.63. The van der Waals surface area contributed by atoms with Crippen molar-refractivity contribution in [2.75, 3.05) is 31.6 Å². The number of carbonyl (C=O) groups excluding carboxylic acids is 2. The van der Waals surface area contributed by atoms with E-state index in [0.717, 1.165) is 25.7 Å². The van der Waals surface area contributed by atoms with Crippen LogP contribution in [0.3, 0.4) is 0 Å². The normalized spacial score (nSPS) is 19.4. The Morgan fingerprint density at radius 3 is 2.62 bits per heavy atom. The van der Waals surface area contributed by atoms with Gasteiger partial charge in [0.1, 0.15) is 6.10 Å². The first-order valence-corrected chi connectivity index (χ1v) is 9.55. The second-order valence-electron chi connectivity index (χ2n) is 6.77. The molecular weight excluding hydrogens is 356 g/mol. The third-order valence-electron chi connectivity index (χ3n) is 4.83. The van der Waals surface area contributed by atoms with Crippen LogP contribution < -0.4 is 5.32 Å². The Bertz CT molecular complexity index is 655. The Kier molecular flexibility index (Phi) is 6.51. The minimum Gasteiger partial charge on any atom is -0.378 e. The topological polar surface area (TPSA) is 67.9 Å². The Morgan fingerprint density at radius 2 is 1.96 bits per heavy atom. The average molecular weight is 381 g/mol. The van der Waals surface area contributed by atoms with Crippen LogP contribution in [-0.2, 0) is 14.3 Å². The standard InChI is InChI=1S/C19H25ClN2O4/c1-13(26-15-4-2-3-5-15)18(23)21-14-6-7-16(17(20)12-14)19(24)22-8-10-25-11-9-22/h6-7,12-13,15H,2-5,8-11H2,1H3,(H,21,23)/t13-/m1/s1. The van der Waals surface area contributed by atoms with Gasteiger partial charge in [-0.3, -0.25) is 9.59 Å². The van der Waals surface area contributed by atoms with Gasteiger partial charge in [0, 0.05) is 18.8 Å². The van der Waals surface area contributed by atoms with Gasteiger partial charge in [0.05, 0.1) is 29.9 Å². The van der Waals surface area contributed by atoms with Gasteiger partial charge in [0.15, 0.2) is 0 Å². The summed E-state index contributed by atoms with van der Waals surface area (Å²) in [7, 11) is 0. The van der Waals surface area contributed by atoms with E-state index < -0.39 is 6.10 Å². The van der Waals surface area contributed by atoms with E-state index in [1.165, 1.54) is 0 Å². The summed E-state index contributed by atoms with van der Waals surface area (Å²) in [6, 6.07) is 4.95. The number of hydrogen-bond donors (Lipinski definition) is 1. The van der Waals surface area contributed by atoms with E-state index in [9.17, 15) is 9.59 Å². The van der Waals surface area contributed by atoms with Gasteiger partial charge in [-0.25, -0.2) is 0 Å². The second kappa shape index (κ2) is 8.84. The summed E-state index contributed by atoms with van der Waals surface area (Å²) >= 11 is 6.28. The van der Waals surface area contributed by atoms with Crippen molar-refractivity contribution >= 4 is 29.1 Å². The maximum absolute atomic E-state index is 12.5. The number of nitrogens with one attached hydrogen (secondary N) is 1. The van der Waals surface area contributed by atoms with E-state index in [1.54, 1.807) is 30.0 Å². The molecular formula is C19H25ClN2O4. The van der Waals surface area contributed by atoms with Gasteiger partial charge in [0.25, 0.3) is 11.8 Å². The highest BCUT2D eigenvalue weighted by Crippen LogP contribution is 2.24. The molecule has 1 saturated heterocycles. The maximum atomic E-state index is 12.5. The molecule has 2 amide bonds. The summed E-state index contributed by atoms with van der Waals surface area (Å²) in [6.45, 7) is 3.95. The van der Waals surface area contributed by atoms with Gasteiger partial charge in [-0.05, 0) is 38.0 Å². The van der Waals surface area contributed by atoms with Crippen LogP contribution in [0.1, 0.15) is 43.0 Å².